The van der Waals surface area contributed by atoms with Gasteiger partial charge in [0.1, 0.15) is 5.82 Å². The summed E-state index contributed by atoms with van der Waals surface area (Å²) in [5, 5.41) is 0. The predicted octanol–water partition coefficient (Wildman–Crippen LogP) is 4.42. The highest BCUT2D eigenvalue weighted by Gasteiger charge is 2.28. The van der Waals surface area contributed by atoms with Crippen LogP contribution in [0.25, 0.3) is 5.82 Å². The molecule has 3 heteroatoms. The van der Waals surface area contributed by atoms with E-state index >= 15 is 0 Å². The van der Waals surface area contributed by atoms with Gasteiger partial charge in [0.15, 0.2) is 0 Å². The van der Waals surface area contributed by atoms with E-state index < -0.39 is 0 Å². The molecule has 118 valence electrons. The molecule has 1 aliphatic heterocycles. The van der Waals surface area contributed by atoms with Gasteiger partial charge in [0.2, 0.25) is 0 Å². The zero-order valence-electron chi connectivity index (χ0n) is 14.2. The molecule has 0 amide bonds. The minimum absolute atomic E-state index is 0.485. The molecule has 2 aromatic rings. The maximum absolute atomic E-state index is 4.75. The lowest BCUT2D eigenvalue weighted by Crippen LogP contribution is -2.39. The van der Waals surface area contributed by atoms with Gasteiger partial charge >= 0.3 is 0 Å². The Kier molecular flexibility index (Phi) is 4.34. The molecule has 0 spiro atoms. The largest absolute Gasteiger partial charge is 0.303 e. The molecule has 0 N–H and O–H groups in total. The first-order valence-corrected chi connectivity index (χ1v) is 8.45. The average molecular weight is 297 g/mol. The van der Waals surface area contributed by atoms with Gasteiger partial charge in [-0.1, -0.05) is 12.5 Å². The lowest BCUT2D eigenvalue weighted by molar-refractivity contribution is 0.112. The Labute approximate surface area is 134 Å². The third-order valence-electron chi connectivity index (χ3n) is 4.87. The van der Waals surface area contributed by atoms with Crippen LogP contribution in [0.15, 0.2) is 30.5 Å². The number of piperidine rings is 1. The Morgan fingerprint density at radius 3 is 2.50 bits per heavy atom. The Bertz CT molecular complexity index is 622. The standard InChI is InChI=1S/C19H27N3/c1-14(2)21-13-6-5-9-18(21)17-8-7-12-20-19(17)22-15(3)10-11-16(22)4/h7-8,10-12,14,18H,5-6,9,13H2,1-4H3. The zero-order valence-corrected chi connectivity index (χ0v) is 14.2. The van der Waals surface area contributed by atoms with E-state index in [4.69, 9.17) is 4.98 Å². The summed E-state index contributed by atoms with van der Waals surface area (Å²) in [5.74, 6) is 1.11. The van der Waals surface area contributed by atoms with E-state index in [9.17, 15) is 0 Å². The van der Waals surface area contributed by atoms with Crippen molar-refractivity contribution in [2.75, 3.05) is 6.54 Å². The van der Waals surface area contributed by atoms with Gasteiger partial charge in [-0.15, -0.1) is 0 Å². The molecule has 1 atom stereocenters. The molecule has 1 fully saturated rings. The number of hydrogen-bond donors (Lipinski definition) is 0. The summed E-state index contributed by atoms with van der Waals surface area (Å²) in [5.41, 5.74) is 3.88. The predicted molar refractivity (Wildman–Crippen MR) is 91.5 cm³/mol. The van der Waals surface area contributed by atoms with Crippen molar-refractivity contribution in [3.63, 3.8) is 0 Å². The van der Waals surface area contributed by atoms with Crippen LogP contribution in [0.3, 0.4) is 0 Å². The van der Waals surface area contributed by atoms with E-state index in [1.807, 2.05) is 6.20 Å². The van der Waals surface area contributed by atoms with Gasteiger partial charge in [-0.25, -0.2) is 4.98 Å². The summed E-state index contributed by atoms with van der Waals surface area (Å²) in [6.07, 6.45) is 5.77. The molecule has 3 heterocycles. The van der Waals surface area contributed by atoms with Crippen LogP contribution in [-0.4, -0.2) is 27.0 Å². The van der Waals surface area contributed by atoms with Gasteiger partial charge in [0, 0.05) is 35.2 Å². The molecule has 0 saturated carbocycles. The van der Waals surface area contributed by atoms with E-state index in [1.165, 1.54) is 42.8 Å². The number of hydrogen-bond acceptors (Lipinski definition) is 2. The molecule has 0 radical (unpaired) electrons. The molecule has 1 saturated heterocycles. The van der Waals surface area contributed by atoms with E-state index in [0.717, 1.165) is 5.82 Å². The van der Waals surface area contributed by atoms with Crippen LogP contribution in [0.5, 0.6) is 0 Å². The molecule has 0 aromatic carbocycles. The summed E-state index contributed by atoms with van der Waals surface area (Å²) < 4.78 is 2.29. The molecule has 0 aliphatic carbocycles. The Morgan fingerprint density at radius 2 is 1.82 bits per heavy atom. The number of aryl methyl sites for hydroxylation is 2. The van der Waals surface area contributed by atoms with Crippen molar-refractivity contribution in [2.24, 2.45) is 0 Å². The van der Waals surface area contributed by atoms with Gasteiger partial charge < -0.3 is 4.57 Å². The molecule has 22 heavy (non-hydrogen) atoms. The molecule has 3 nitrogen and oxygen atoms in total. The Morgan fingerprint density at radius 1 is 1.09 bits per heavy atom. The molecule has 3 rings (SSSR count). The van der Waals surface area contributed by atoms with E-state index in [1.54, 1.807) is 0 Å². The van der Waals surface area contributed by atoms with Gasteiger partial charge in [0.25, 0.3) is 0 Å². The Balaban J connectivity index is 2.08. The number of rotatable bonds is 3. The van der Waals surface area contributed by atoms with Crippen molar-refractivity contribution in [1.29, 1.82) is 0 Å². The van der Waals surface area contributed by atoms with Crippen molar-refractivity contribution in [2.45, 2.75) is 59.0 Å². The smallest absolute Gasteiger partial charge is 0.141 e. The van der Waals surface area contributed by atoms with E-state index in [-0.39, 0.29) is 0 Å². The maximum Gasteiger partial charge on any atom is 0.141 e. The van der Waals surface area contributed by atoms with Crippen molar-refractivity contribution >= 4 is 0 Å². The lowest BCUT2D eigenvalue weighted by Gasteiger charge is -2.39. The molecule has 0 bridgehead atoms. The SMILES string of the molecule is Cc1ccc(C)n1-c1ncccc1C1CCCCN1C(C)C. The lowest BCUT2D eigenvalue weighted by atomic mass is 9.94. The van der Waals surface area contributed by atoms with E-state index in [2.05, 4.69) is 61.4 Å². The van der Waals surface area contributed by atoms with Crippen molar-refractivity contribution in [1.82, 2.24) is 14.5 Å². The van der Waals surface area contributed by atoms with E-state index in [0.29, 0.717) is 12.1 Å². The fourth-order valence-electron chi connectivity index (χ4n) is 3.76. The zero-order chi connectivity index (χ0) is 15.7. The number of nitrogens with zero attached hydrogens (tertiary/aromatic N) is 3. The highest BCUT2D eigenvalue weighted by molar-refractivity contribution is 5.40. The number of aromatic nitrogens is 2. The minimum atomic E-state index is 0.485. The van der Waals surface area contributed by atoms with Gasteiger partial charge in [0.05, 0.1) is 0 Å². The average Bonchev–Trinajstić information content (AvgIpc) is 2.86. The first kappa shape index (κ1) is 15.3. The highest BCUT2D eigenvalue weighted by atomic mass is 15.2. The quantitative estimate of drug-likeness (QED) is 0.836. The van der Waals surface area contributed by atoms with Crippen LogP contribution >= 0.6 is 0 Å². The first-order valence-electron chi connectivity index (χ1n) is 8.45. The monoisotopic (exact) mass is 297 g/mol. The van der Waals surface area contributed by atoms with Gasteiger partial charge in [-0.05, 0) is 65.3 Å². The molecular formula is C19H27N3. The summed E-state index contributed by atoms with van der Waals surface area (Å²) in [7, 11) is 0. The minimum Gasteiger partial charge on any atom is -0.303 e. The Hall–Kier alpha value is -1.61. The highest BCUT2D eigenvalue weighted by Crippen LogP contribution is 2.35. The maximum atomic E-state index is 4.75. The van der Waals surface area contributed by atoms with Crippen molar-refractivity contribution < 1.29 is 0 Å². The van der Waals surface area contributed by atoms with Crippen LogP contribution in [0.2, 0.25) is 0 Å². The van der Waals surface area contributed by atoms with Crippen molar-refractivity contribution in [3.8, 4) is 5.82 Å². The fourth-order valence-corrected chi connectivity index (χ4v) is 3.76. The van der Waals surface area contributed by atoms with Crippen LogP contribution in [0.4, 0.5) is 0 Å². The normalized spacial score (nSPS) is 19.8. The summed E-state index contributed by atoms with van der Waals surface area (Å²) in [4.78, 5) is 7.39. The molecular weight excluding hydrogens is 270 g/mol. The first-order chi connectivity index (χ1) is 10.6. The van der Waals surface area contributed by atoms with Crippen LogP contribution in [0.1, 0.15) is 56.1 Å². The van der Waals surface area contributed by atoms with Gasteiger partial charge in [-0.2, -0.15) is 0 Å². The third kappa shape index (κ3) is 2.70. The van der Waals surface area contributed by atoms with Crippen LogP contribution in [-0.2, 0) is 0 Å². The number of pyridine rings is 1. The van der Waals surface area contributed by atoms with Crippen molar-refractivity contribution in [3.05, 3.63) is 47.4 Å². The van der Waals surface area contributed by atoms with Crippen LogP contribution in [0, 0.1) is 13.8 Å². The second-order valence-electron chi connectivity index (χ2n) is 6.71. The topological polar surface area (TPSA) is 21.1 Å². The van der Waals surface area contributed by atoms with Crippen LogP contribution < -0.4 is 0 Å². The number of likely N-dealkylation sites (tertiary alicyclic amines) is 1. The molecule has 1 aliphatic rings. The second kappa shape index (κ2) is 6.25. The summed E-state index contributed by atoms with van der Waals surface area (Å²) in [6, 6.07) is 9.76. The molecule has 2 aromatic heterocycles. The summed E-state index contributed by atoms with van der Waals surface area (Å²) >= 11 is 0. The second-order valence-corrected chi connectivity index (χ2v) is 6.71. The van der Waals surface area contributed by atoms with Gasteiger partial charge in [-0.3, -0.25) is 4.90 Å². The summed E-state index contributed by atoms with van der Waals surface area (Å²) in [6.45, 7) is 10.1. The third-order valence-corrected chi connectivity index (χ3v) is 4.87. The molecule has 1 unspecified atom stereocenters. The fraction of sp³-hybridized carbons (Fsp3) is 0.526.